The molecule has 3 rings (SSSR count). The number of hydrogen-bond donors (Lipinski definition) is 0. The van der Waals surface area contributed by atoms with Gasteiger partial charge in [0.2, 0.25) is 0 Å². The van der Waals surface area contributed by atoms with E-state index in [0.717, 1.165) is 29.9 Å². The zero-order chi connectivity index (χ0) is 24.5. The Bertz CT molecular complexity index is 817. The lowest BCUT2D eigenvalue weighted by Gasteiger charge is -2.05. The highest BCUT2D eigenvalue weighted by atomic mass is 16.5. The van der Waals surface area contributed by atoms with Crippen LogP contribution in [0.15, 0.2) is 84.9 Å². The van der Waals surface area contributed by atoms with E-state index in [1.54, 1.807) is 7.11 Å². The molecule has 3 aromatic rings. The normalized spacial score (nSPS) is 10.4. The van der Waals surface area contributed by atoms with Crippen molar-refractivity contribution < 1.29 is 4.74 Å². The van der Waals surface area contributed by atoms with Crippen molar-refractivity contribution in [2.75, 3.05) is 7.11 Å². The van der Waals surface area contributed by atoms with Gasteiger partial charge in [-0.15, -0.1) is 0 Å². The molecule has 0 bridgehead atoms. The van der Waals surface area contributed by atoms with Gasteiger partial charge in [-0.3, -0.25) is 0 Å². The Hall–Kier alpha value is -2.54. The summed E-state index contributed by atoms with van der Waals surface area (Å²) in [4.78, 5) is 0. The van der Waals surface area contributed by atoms with Crippen LogP contribution in [0.5, 0.6) is 5.75 Å². The van der Waals surface area contributed by atoms with Crippen molar-refractivity contribution in [3.05, 3.63) is 102 Å². The lowest BCUT2D eigenvalue weighted by atomic mass is 10.0. The third kappa shape index (κ3) is 15.0. The molecule has 0 amide bonds. The summed E-state index contributed by atoms with van der Waals surface area (Å²) in [5.74, 6) is 3.23. The van der Waals surface area contributed by atoms with Crippen molar-refractivity contribution in [2.24, 2.45) is 17.8 Å². The fourth-order valence-electron chi connectivity index (χ4n) is 3.42. The van der Waals surface area contributed by atoms with Gasteiger partial charge in [-0.25, -0.2) is 0 Å². The molecule has 0 aliphatic carbocycles. The van der Waals surface area contributed by atoms with Crippen LogP contribution in [0.1, 0.15) is 64.7 Å². The fourth-order valence-corrected chi connectivity index (χ4v) is 3.42. The molecule has 0 fully saturated rings. The zero-order valence-electron chi connectivity index (χ0n) is 22.1. The van der Waals surface area contributed by atoms with Gasteiger partial charge in [0.05, 0.1) is 7.11 Å². The summed E-state index contributed by atoms with van der Waals surface area (Å²) < 4.78 is 5.07. The molecule has 0 spiro atoms. The Morgan fingerprint density at radius 1 is 0.515 bits per heavy atom. The maximum absolute atomic E-state index is 5.07. The van der Waals surface area contributed by atoms with E-state index in [-0.39, 0.29) is 0 Å². The number of benzene rings is 3. The molecule has 0 atom stereocenters. The molecule has 0 saturated heterocycles. The topological polar surface area (TPSA) is 9.23 Å². The smallest absolute Gasteiger partial charge is 0.118 e. The van der Waals surface area contributed by atoms with Gasteiger partial charge in [0, 0.05) is 0 Å². The summed E-state index contributed by atoms with van der Waals surface area (Å²) in [6.45, 7) is 13.5. The van der Waals surface area contributed by atoms with Crippen molar-refractivity contribution in [3.8, 4) is 5.75 Å². The summed E-state index contributed by atoms with van der Waals surface area (Å²) in [7, 11) is 1.69. The second-order valence-electron chi connectivity index (χ2n) is 9.95. The van der Waals surface area contributed by atoms with Crippen LogP contribution in [0, 0.1) is 17.8 Å². The van der Waals surface area contributed by atoms with E-state index >= 15 is 0 Å². The molecule has 0 aliphatic heterocycles. The lowest BCUT2D eigenvalue weighted by Crippen LogP contribution is -1.93. The van der Waals surface area contributed by atoms with Gasteiger partial charge in [0.1, 0.15) is 5.75 Å². The second-order valence-corrected chi connectivity index (χ2v) is 9.95. The average molecular weight is 447 g/mol. The van der Waals surface area contributed by atoms with E-state index in [2.05, 4.69) is 114 Å². The molecule has 3 aromatic carbocycles. The van der Waals surface area contributed by atoms with Crippen LogP contribution in [0.4, 0.5) is 0 Å². The Labute approximate surface area is 204 Å². The molecule has 0 radical (unpaired) electrons. The van der Waals surface area contributed by atoms with E-state index in [0.29, 0.717) is 0 Å². The molecule has 0 saturated carbocycles. The fraction of sp³-hybridized carbons (Fsp3) is 0.438. The number of methoxy groups -OCH3 is 1. The van der Waals surface area contributed by atoms with Gasteiger partial charge in [-0.05, 0) is 72.3 Å². The Balaban J connectivity index is 0.000000249. The molecule has 1 nitrogen and oxygen atoms in total. The maximum Gasteiger partial charge on any atom is 0.118 e. The zero-order valence-corrected chi connectivity index (χ0v) is 22.1. The standard InChI is InChI=1S/C11H16O.C11H16.C10H14/c1-9(2)8-10-4-6-11(12-3)7-5-10;1-10(2)8-9-11-6-4-3-5-7-11;1-9(2)8-10-6-4-3-5-7-10/h4-7,9H,8H2,1-3H3;3-7,10H,8-9H2,1-2H3;3-7,9H,8H2,1-2H3. The summed E-state index contributed by atoms with van der Waals surface area (Å²) in [5.41, 5.74) is 4.28. The first-order chi connectivity index (χ1) is 15.8. The molecule has 0 heterocycles. The van der Waals surface area contributed by atoms with E-state index in [1.165, 1.54) is 36.0 Å². The monoisotopic (exact) mass is 446 g/mol. The van der Waals surface area contributed by atoms with E-state index in [1.807, 2.05) is 12.1 Å². The Morgan fingerprint density at radius 2 is 0.939 bits per heavy atom. The Morgan fingerprint density at radius 3 is 1.33 bits per heavy atom. The van der Waals surface area contributed by atoms with Gasteiger partial charge in [-0.2, -0.15) is 0 Å². The van der Waals surface area contributed by atoms with Gasteiger partial charge >= 0.3 is 0 Å². The summed E-state index contributed by atoms with van der Waals surface area (Å²) in [6.07, 6.45) is 4.85. The summed E-state index contributed by atoms with van der Waals surface area (Å²) >= 11 is 0. The predicted molar refractivity (Wildman–Crippen MR) is 146 cm³/mol. The number of hydrogen-bond acceptors (Lipinski definition) is 1. The number of aryl methyl sites for hydroxylation is 1. The van der Waals surface area contributed by atoms with Gasteiger partial charge in [-0.1, -0.05) is 114 Å². The summed E-state index contributed by atoms with van der Waals surface area (Å²) in [6, 6.07) is 29.6. The SMILES string of the molecule is CC(C)CCc1ccccc1.CC(C)Cc1ccccc1.COc1ccc(CC(C)C)cc1. The van der Waals surface area contributed by atoms with Crippen LogP contribution in [0.2, 0.25) is 0 Å². The minimum Gasteiger partial charge on any atom is -0.497 e. The van der Waals surface area contributed by atoms with Crippen molar-refractivity contribution >= 4 is 0 Å². The van der Waals surface area contributed by atoms with Crippen LogP contribution >= 0.6 is 0 Å². The minimum atomic E-state index is 0.721. The third-order valence-electron chi connectivity index (χ3n) is 5.14. The summed E-state index contributed by atoms with van der Waals surface area (Å²) in [5, 5.41) is 0. The third-order valence-corrected chi connectivity index (χ3v) is 5.14. The van der Waals surface area contributed by atoms with Gasteiger partial charge < -0.3 is 4.74 Å². The average Bonchev–Trinajstić information content (AvgIpc) is 2.80. The van der Waals surface area contributed by atoms with Crippen molar-refractivity contribution in [1.29, 1.82) is 0 Å². The first kappa shape index (κ1) is 28.5. The van der Waals surface area contributed by atoms with Crippen molar-refractivity contribution in [1.82, 2.24) is 0 Å². The molecule has 0 N–H and O–H groups in total. The van der Waals surface area contributed by atoms with Crippen LogP contribution in [-0.2, 0) is 19.3 Å². The molecular weight excluding hydrogens is 400 g/mol. The minimum absolute atomic E-state index is 0.721. The Kier molecular flexibility index (Phi) is 14.7. The second kappa shape index (κ2) is 17.0. The first-order valence-corrected chi connectivity index (χ1v) is 12.5. The predicted octanol–water partition coefficient (Wildman–Crippen LogP) is 9.05. The lowest BCUT2D eigenvalue weighted by molar-refractivity contribution is 0.414. The molecular formula is C32H46O. The van der Waals surface area contributed by atoms with Crippen LogP contribution < -0.4 is 4.74 Å². The maximum atomic E-state index is 5.07. The molecule has 180 valence electrons. The number of ether oxygens (including phenoxy) is 1. The molecule has 0 aliphatic rings. The molecule has 0 aromatic heterocycles. The van der Waals surface area contributed by atoms with Crippen LogP contribution in [0.3, 0.4) is 0 Å². The van der Waals surface area contributed by atoms with E-state index in [9.17, 15) is 0 Å². The molecule has 0 unspecified atom stereocenters. The van der Waals surface area contributed by atoms with Crippen LogP contribution in [0.25, 0.3) is 0 Å². The quantitative estimate of drug-likeness (QED) is 0.335. The molecule has 1 heteroatoms. The van der Waals surface area contributed by atoms with Gasteiger partial charge in [0.25, 0.3) is 0 Å². The van der Waals surface area contributed by atoms with E-state index in [4.69, 9.17) is 4.74 Å². The van der Waals surface area contributed by atoms with E-state index < -0.39 is 0 Å². The molecule has 33 heavy (non-hydrogen) atoms. The largest absolute Gasteiger partial charge is 0.497 e. The number of rotatable bonds is 8. The van der Waals surface area contributed by atoms with Gasteiger partial charge in [0.15, 0.2) is 0 Å². The van der Waals surface area contributed by atoms with Crippen molar-refractivity contribution in [3.63, 3.8) is 0 Å². The van der Waals surface area contributed by atoms with Crippen LogP contribution in [-0.4, -0.2) is 7.11 Å². The van der Waals surface area contributed by atoms with Crippen molar-refractivity contribution in [2.45, 2.75) is 67.2 Å². The highest BCUT2D eigenvalue weighted by molar-refractivity contribution is 5.27. The first-order valence-electron chi connectivity index (χ1n) is 12.5. The highest BCUT2D eigenvalue weighted by Crippen LogP contribution is 2.14. The highest BCUT2D eigenvalue weighted by Gasteiger charge is 1.97.